The van der Waals surface area contributed by atoms with Crippen molar-refractivity contribution in [2.45, 2.75) is 37.9 Å². The Kier molecular flexibility index (Phi) is 5.34. The smallest absolute Gasteiger partial charge is 0.302 e. The Labute approximate surface area is 196 Å². The van der Waals surface area contributed by atoms with Crippen LogP contribution in [0, 0.1) is 17.4 Å². The van der Waals surface area contributed by atoms with Crippen molar-refractivity contribution in [2.75, 3.05) is 0 Å². The molecular weight excluding hydrogens is 464 g/mol. The normalized spacial score (nSPS) is 29.6. The Morgan fingerprint density at radius 1 is 1.26 bits per heavy atom. The summed E-state index contributed by atoms with van der Waals surface area (Å²) in [6.07, 6.45) is -1.96. The van der Waals surface area contributed by atoms with E-state index in [0.717, 1.165) is 6.92 Å². The fourth-order valence-corrected chi connectivity index (χ4v) is 5.43. The van der Waals surface area contributed by atoms with Gasteiger partial charge in [0.1, 0.15) is 28.7 Å². The van der Waals surface area contributed by atoms with E-state index >= 15 is 0 Å². The number of aromatic hydroxyl groups is 1. The van der Waals surface area contributed by atoms with Gasteiger partial charge in [0.05, 0.1) is 5.56 Å². The monoisotopic (exact) mass is 485 g/mol. The summed E-state index contributed by atoms with van der Waals surface area (Å²) < 4.78 is 5.44. The van der Waals surface area contributed by atoms with E-state index in [1.165, 1.54) is 12.1 Å². The van der Waals surface area contributed by atoms with E-state index in [9.17, 15) is 39.6 Å². The van der Waals surface area contributed by atoms with Gasteiger partial charge in [0.15, 0.2) is 27.9 Å². The van der Waals surface area contributed by atoms with Gasteiger partial charge < -0.3 is 30.9 Å². The summed E-state index contributed by atoms with van der Waals surface area (Å²) in [5, 5.41) is 47.1. The van der Waals surface area contributed by atoms with Crippen LogP contribution < -0.4 is 10.6 Å². The van der Waals surface area contributed by atoms with Crippen LogP contribution in [0.5, 0.6) is 5.75 Å². The van der Waals surface area contributed by atoms with Crippen LogP contribution in [-0.2, 0) is 19.1 Å². The molecule has 0 saturated heterocycles. The molecule has 0 heterocycles. The maximum absolute atomic E-state index is 13.6. The average molecular weight is 485 g/mol. The third kappa shape index (κ3) is 3.09. The van der Waals surface area contributed by atoms with Crippen LogP contribution in [0.15, 0.2) is 39.9 Å². The standard InChI is InChI=1S/C22H20N4O9/c1-6-8-3-4-10(25-26-24)16(29)13(8)17(30)15-12(6)18(35-7(2)27)9-5-11(28)14(21(23)33)19(31)22(9,34)20(15)32/h3-4,6,9,12,18,24,34H,5H2,1-2H3,(H4,23,28,30,31,32,33)/p+1/t6-,9+,12+,18+,22+/m0/s1. The van der Waals surface area contributed by atoms with Gasteiger partial charge in [-0.05, 0) is 17.5 Å². The van der Waals surface area contributed by atoms with E-state index in [1.54, 1.807) is 6.92 Å². The Hall–Kier alpha value is -4.35. The number of Topliss-reactive ketones (excluding diaryl/α,β-unsaturated/α-hetero) is 2. The highest BCUT2D eigenvalue weighted by Crippen LogP contribution is 2.56. The quantitative estimate of drug-likeness (QED) is 0.154. The molecule has 0 aromatic heterocycles. The summed E-state index contributed by atoms with van der Waals surface area (Å²) in [5.41, 5.74) is 7.47. The van der Waals surface area contributed by atoms with E-state index in [2.05, 4.69) is 10.0 Å². The molecule has 182 valence electrons. The molecule has 5 atom stereocenters. The van der Waals surface area contributed by atoms with Gasteiger partial charge in [0, 0.05) is 30.8 Å². The number of fused-ring (bicyclic) bond motifs is 3. The number of rotatable bonds is 3. The third-order valence-electron chi connectivity index (χ3n) is 6.91. The summed E-state index contributed by atoms with van der Waals surface area (Å²) in [5.74, 6) is -10.4. The zero-order valence-corrected chi connectivity index (χ0v) is 18.5. The first-order valence-electron chi connectivity index (χ1n) is 10.5. The number of benzene rings is 1. The maximum atomic E-state index is 13.6. The van der Waals surface area contributed by atoms with Crippen LogP contribution in [0.3, 0.4) is 0 Å². The molecule has 0 radical (unpaired) electrons. The summed E-state index contributed by atoms with van der Waals surface area (Å²) >= 11 is 0. The Balaban J connectivity index is 2.05. The average Bonchev–Trinajstić information content (AvgIpc) is 2.77. The minimum absolute atomic E-state index is 0.209. The number of hydrogen-bond acceptors (Lipinski definition) is 11. The number of hydrogen-bond donors (Lipinski definition) is 6. The number of nitrogens with one attached hydrogen (secondary N) is 1. The number of phenolic OH excluding ortho intramolecular Hbond substituents is 1. The van der Waals surface area contributed by atoms with E-state index in [0.29, 0.717) is 5.56 Å². The van der Waals surface area contributed by atoms with Crippen LogP contribution in [0.1, 0.15) is 42.1 Å². The topological polar surface area (TPSA) is 235 Å². The molecular formula is C22H21N4O9+. The number of carbonyl (C=O) groups excluding carboxylic acids is 4. The van der Waals surface area contributed by atoms with Crippen molar-refractivity contribution in [1.29, 1.82) is 5.53 Å². The zero-order chi connectivity index (χ0) is 26.0. The highest BCUT2D eigenvalue weighted by molar-refractivity contribution is 6.24. The van der Waals surface area contributed by atoms with Crippen molar-refractivity contribution >= 4 is 29.1 Å². The lowest BCUT2D eigenvalue weighted by Crippen LogP contribution is -2.63. The number of primary amides is 1. The van der Waals surface area contributed by atoms with Gasteiger partial charge in [0.2, 0.25) is 10.7 Å². The zero-order valence-electron chi connectivity index (χ0n) is 18.5. The van der Waals surface area contributed by atoms with Crippen molar-refractivity contribution in [3.8, 4) is 5.75 Å². The van der Waals surface area contributed by atoms with Crippen molar-refractivity contribution < 1.29 is 44.3 Å². The van der Waals surface area contributed by atoms with Crippen LogP contribution in [0.25, 0.3) is 0 Å². The van der Waals surface area contributed by atoms with Gasteiger partial charge in [-0.3, -0.25) is 19.2 Å². The van der Waals surface area contributed by atoms with Crippen molar-refractivity contribution in [2.24, 2.45) is 22.7 Å². The predicted molar refractivity (Wildman–Crippen MR) is 113 cm³/mol. The molecule has 7 N–H and O–H groups in total. The molecule has 13 heteroatoms. The highest BCUT2D eigenvalue weighted by atomic mass is 16.5. The van der Waals surface area contributed by atoms with Crippen LogP contribution in [0.4, 0.5) is 5.69 Å². The third-order valence-corrected chi connectivity index (χ3v) is 6.91. The first-order chi connectivity index (χ1) is 16.4. The minimum atomic E-state index is -2.93. The molecule has 0 saturated carbocycles. The van der Waals surface area contributed by atoms with Crippen molar-refractivity contribution in [3.05, 3.63) is 45.9 Å². The number of amides is 1. The predicted octanol–water partition coefficient (Wildman–Crippen LogP) is 0.865. The first-order valence-corrected chi connectivity index (χ1v) is 10.5. The van der Waals surface area contributed by atoms with Gasteiger partial charge in [-0.2, -0.15) is 0 Å². The number of phenols is 1. The van der Waals surface area contributed by atoms with E-state index in [-0.39, 0.29) is 11.3 Å². The number of aliphatic hydroxyl groups is 3. The summed E-state index contributed by atoms with van der Waals surface area (Å²) in [6, 6.07) is 2.78. The Bertz CT molecular complexity index is 1340. The summed E-state index contributed by atoms with van der Waals surface area (Å²) in [6.45, 7) is 2.68. The second-order valence-corrected chi connectivity index (χ2v) is 8.67. The second-order valence-electron chi connectivity index (χ2n) is 8.67. The molecule has 1 aromatic carbocycles. The Morgan fingerprint density at radius 2 is 1.91 bits per heavy atom. The number of carbonyl (C=O) groups is 4. The molecule has 0 fully saturated rings. The fraction of sp³-hybridized carbons (Fsp3) is 0.364. The van der Waals surface area contributed by atoms with Gasteiger partial charge in [-0.25, -0.2) is 0 Å². The minimum Gasteiger partial charge on any atom is -0.511 e. The number of esters is 1. The van der Waals surface area contributed by atoms with E-state index in [4.69, 9.17) is 16.0 Å². The number of nitrogens with zero attached hydrogens (tertiary/aromatic N) is 2. The Morgan fingerprint density at radius 3 is 2.49 bits per heavy atom. The number of ketones is 2. The van der Waals surface area contributed by atoms with Gasteiger partial charge >= 0.3 is 5.97 Å². The van der Waals surface area contributed by atoms with Crippen LogP contribution in [-0.4, -0.2) is 55.6 Å². The lowest BCUT2D eigenvalue weighted by atomic mass is 9.56. The molecule has 13 nitrogen and oxygen atoms in total. The molecule has 3 aliphatic rings. The number of allylic oxidation sites excluding steroid dienone is 1. The van der Waals surface area contributed by atoms with Crippen LogP contribution >= 0.6 is 0 Å². The molecule has 0 spiro atoms. The molecule has 1 amide bonds. The molecule has 1 aromatic rings. The highest BCUT2D eigenvalue weighted by Gasteiger charge is 2.65. The molecule has 3 aliphatic carbocycles. The lowest BCUT2D eigenvalue weighted by molar-refractivity contribution is -0.173. The largest absolute Gasteiger partial charge is 0.511 e. The molecule has 0 aliphatic heterocycles. The summed E-state index contributed by atoms with van der Waals surface area (Å²) in [4.78, 5) is 53.4. The van der Waals surface area contributed by atoms with Gasteiger partial charge in [-0.1, -0.05) is 13.0 Å². The van der Waals surface area contributed by atoms with Gasteiger partial charge in [0.25, 0.3) is 5.91 Å². The molecule has 0 bridgehead atoms. The summed E-state index contributed by atoms with van der Waals surface area (Å²) in [7, 11) is 0. The van der Waals surface area contributed by atoms with Crippen molar-refractivity contribution in [1.82, 2.24) is 4.91 Å². The lowest BCUT2D eigenvalue weighted by Gasteiger charge is -2.50. The number of nitrogens with two attached hydrogens (primary N) is 1. The molecule has 0 unspecified atom stereocenters. The van der Waals surface area contributed by atoms with E-state index < -0.39 is 87.7 Å². The second kappa shape index (κ2) is 7.86. The van der Waals surface area contributed by atoms with Crippen LogP contribution in [0.2, 0.25) is 0 Å². The number of aliphatic hydroxyl groups excluding tert-OH is 2. The van der Waals surface area contributed by atoms with Crippen molar-refractivity contribution in [3.63, 3.8) is 0 Å². The fourth-order valence-electron chi connectivity index (χ4n) is 5.43. The first kappa shape index (κ1) is 23.8. The maximum Gasteiger partial charge on any atom is 0.302 e. The van der Waals surface area contributed by atoms with Gasteiger partial charge in [-0.15, -0.1) is 0 Å². The number of ether oxygens (including phenoxy) is 1. The molecule has 4 rings (SSSR count). The molecule has 35 heavy (non-hydrogen) atoms. The SMILES string of the molecule is CC(=O)O[C@H]1[C@H]2C(=C(O)[C@]3(O)C(=O)C(C(N)=O)=C(O)C[C@H]13)C(=O)c1c(ccc(N=[N+]=N)c1O)[C@@H]2C. The van der Waals surface area contributed by atoms with E-state index in [1.807, 2.05) is 0 Å².